The van der Waals surface area contributed by atoms with E-state index in [0.29, 0.717) is 22.9 Å². The second-order valence-corrected chi connectivity index (χ2v) is 8.47. The first-order chi connectivity index (χ1) is 13.1. The van der Waals surface area contributed by atoms with E-state index in [-0.39, 0.29) is 6.10 Å². The van der Waals surface area contributed by atoms with E-state index in [1.165, 1.54) is 14.0 Å². The zero-order valence-corrected chi connectivity index (χ0v) is 17.5. The van der Waals surface area contributed by atoms with Crippen LogP contribution >= 0.6 is 0 Å². The van der Waals surface area contributed by atoms with Crippen LogP contribution < -0.4 is 19.1 Å². The largest absolute Gasteiger partial charge is 0.497 e. The highest BCUT2D eigenvalue weighted by molar-refractivity contribution is 7.92. The van der Waals surface area contributed by atoms with Crippen molar-refractivity contribution in [2.24, 2.45) is 0 Å². The van der Waals surface area contributed by atoms with Gasteiger partial charge in [-0.2, -0.15) is 0 Å². The Bertz CT molecular complexity index is 893. The van der Waals surface area contributed by atoms with Gasteiger partial charge < -0.3 is 14.8 Å². The van der Waals surface area contributed by atoms with Crippen LogP contribution in [0.2, 0.25) is 0 Å². The lowest BCUT2D eigenvalue weighted by molar-refractivity contribution is -0.116. The zero-order chi connectivity index (χ0) is 20.9. The van der Waals surface area contributed by atoms with Gasteiger partial charge in [-0.05, 0) is 69.3 Å². The number of hydrogen-bond acceptors (Lipinski definition) is 5. The Morgan fingerprint density at radius 3 is 1.96 bits per heavy atom. The summed E-state index contributed by atoms with van der Waals surface area (Å²) in [4.78, 5) is 12.7. The number of benzene rings is 2. The van der Waals surface area contributed by atoms with Crippen LogP contribution in [0.1, 0.15) is 20.8 Å². The van der Waals surface area contributed by atoms with Crippen LogP contribution in [0, 0.1) is 0 Å². The van der Waals surface area contributed by atoms with Crippen molar-refractivity contribution in [3.63, 3.8) is 0 Å². The summed E-state index contributed by atoms with van der Waals surface area (Å²) in [7, 11) is -2.16. The Labute approximate surface area is 166 Å². The smallest absolute Gasteiger partial charge is 0.247 e. The first kappa shape index (κ1) is 21.6. The van der Waals surface area contributed by atoms with Gasteiger partial charge in [0.15, 0.2) is 0 Å². The lowest BCUT2D eigenvalue weighted by atomic mass is 10.2. The van der Waals surface area contributed by atoms with E-state index in [9.17, 15) is 13.2 Å². The van der Waals surface area contributed by atoms with Gasteiger partial charge in [0.25, 0.3) is 0 Å². The van der Waals surface area contributed by atoms with E-state index in [1.54, 1.807) is 48.5 Å². The van der Waals surface area contributed by atoms with Gasteiger partial charge in [-0.1, -0.05) is 0 Å². The van der Waals surface area contributed by atoms with E-state index in [2.05, 4.69) is 5.32 Å². The Balaban J connectivity index is 2.19. The maximum Gasteiger partial charge on any atom is 0.247 e. The molecule has 1 N–H and O–H groups in total. The van der Waals surface area contributed by atoms with Gasteiger partial charge in [0.2, 0.25) is 15.9 Å². The molecule has 28 heavy (non-hydrogen) atoms. The Hall–Kier alpha value is -2.74. The van der Waals surface area contributed by atoms with Crippen molar-refractivity contribution < 1.29 is 22.7 Å². The molecule has 7 nitrogen and oxygen atoms in total. The van der Waals surface area contributed by atoms with Crippen LogP contribution in [0.25, 0.3) is 0 Å². The molecule has 0 aliphatic heterocycles. The Morgan fingerprint density at radius 1 is 0.964 bits per heavy atom. The number of nitrogens with zero attached hydrogens (tertiary/aromatic N) is 1. The summed E-state index contributed by atoms with van der Waals surface area (Å²) in [6.07, 6.45) is 1.12. The number of carbonyl (C=O) groups excluding carboxylic acids is 1. The molecule has 0 aliphatic carbocycles. The summed E-state index contributed by atoms with van der Waals surface area (Å²) >= 11 is 0. The number of carbonyl (C=O) groups is 1. The number of methoxy groups -OCH3 is 1. The molecule has 0 saturated heterocycles. The molecule has 152 valence electrons. The summed E-state index contributed by atoms with van der Waals surface area (Å²) in [6.45, 7) is 5.39. The molecule has 0 saturated carbocycles. The summed E-state index contributed by atoms with van der Waals surface area (Å²) in [6, 6.07) is 12.5. The Morgan fingerprint density at radius 2 is 1.50 bits per heavy atom. The normalized spacial score (nSPS) is 12.4. The summed E-state index contributed by atoms with van der Waals surface area (Å²) in [5.41, 5.74) is 0.933. The number of sulfonamides is 1. The molecular weight excluding hydrogens is 380 g/mol. The average molecular weight is 407 g/mol. The predicted molar refractivity (Wildman–Crippen MR) is 111 cm³/mol. The quantitative estimate of drug-likeness (QED) is 0.727. The fourth-order valence-corrected chi connectivity index (χ4v) is 3.85. The van der Waals surface area contributed by atoms with Gasteiger partial charge >= 0.3 is 0 Å². The van der Waals surface area contributed by atoms with Crippen LogP contribution in [-0.2, 0) is 14.8 Å². The van der Waals surface area contributed by atoms with Crippen molar-refractivity contribution in [1.82, 2.24) is 0 Å². The third-order valence-corrected chi connectivity index (χ3v) is 5.15. The van der Waals surface area contributed by atoms with Crippen molar-refractivity contribution >= 4 is 27.3 Å². The third-order valence-electron chi connectivity index (χ3n) is 3.91. The first-order valence-corrected chi connectivity index (χ1v) is 10.7. The van der Waals surface area contributed by atoms with Crippen molar-refractivity contribution in [2.75, 3.05) is 23.0 Å². The van der Waals surface area contributed by atoms with Gasteiger partial charge in [-0.3, -0.25) is 9.10 Å². The van der Waals surface area contributed by atoms with Crippen molar-refractivity contribution in [1.29, 1.82) is 0 Å². The molecule has 0 aliphatic rings. The molecule has 1 atom stereocenters. The lowest BCUT2D eigenvalue weighted by Crippen LogP contribution is -2.45. The molecule has 2 rings (SSSR count). The maximum absolute atomic E-state index is 12.7. The monoisotopic (exact) mass is 406 g/mol. The van der Waals surface area contributed by atoms with Crippen LogP contribution in [-0.4, -0.2) is 39.8 Å². The molecule has 0 heterocycles. The van der Waals surface area contributed by atoms with Crippen molar-refractivity contribution in [3.05, 3.63) is 48.5 Å². The molecule has 0 unspecified atom stereocenters. The van der Waals surface area contributed by atoms with E-state index < -0.39 is 22.0 Å². The van der Waals surface area contributed by atoms with Gasteiger partial charge in [0.1, 0.15) is 17.5 Å². The molecular formula is C20H26N2O5S. The number of amides is 1. The molecule has 0 spiro atoms. The Kier molecular flexibility index (Phi) is 6.90. The van der Waals surface area contributed by atoms with E-state index in [0.717, 1.165) is 10.6 Å². The van der Waals surface area contributed by atoms with Gasteiger partial charge in [-0.15, -0.1) is 0 Å². The van der Waals surface area contributed by atoms with E-state index in [4.69, 9.17) is 9.47 Å². The maximum atomic E-state index is 12.7. The summed E-state index contributed by atoms with van der Waals surface area (Å²) in [5.74, 6) is 0.842. The fraction of sp³-hybridized carbons (Fsp3) is 0.350. The van der Waals surface area contributed by atoms with E-state index in [1.807, 2.05) is 13.8 Å². The topological polar surface area (TPSA) is 84.9 Å². The minimum absolute atomic E-state index is 0.0493. The number of ether oxygens (including phenoxy) is 2. The van der Waals surface area contributed by atoms with Crippen LogP contribution in [0.15, 0.2) is 48.5 Å². The molecule has 0 bridgehead atoms. The van der Waals surface area contributed by atoms with Gasteiger partial charge in [0, 0.05) is 5.69 Å². The van der Waals surface area contributed by atoms with Crippen molar-refractivity contribution in [2.45, 2.75) is 32.9 Å². The van der Waals surface area contributed by atoms with Crippen LogP contribution in [0.4, 0.5) is 11.4 Å². The highest BCUT2D eigenvalue weighted by Gasteiger charge is 2.29. The second kappa shape index (κ2) is 8.97. The first-order valence-electron chi connectivity index (χ1n) is 8.83. The SMILES string of the molecule is COc1ccc(N([C@@H](C)C(=O)Nc2ccc(OC(C)C)cc2)S(C)(=O)=O)cc1. The summed E-state index contributed by atoms with van der Waals surface area (Å²) in [5, 5.41) is 2.74. The van der Waals surface area contributed by atoms with Gasteiger partial charge in [-0.25, -0.2) is 8.42 Å². The highest BCUT2D eigenvalue weighted by Crippen LogP contribution is 2.24. The standard InChI is InChI=1S/C20H26N2O5S/c1-14(2)27-19-10-6-16(7-11-19)21-20(23)15(3)22(28(5,24)25)17-8-12-18(26-4)13-9-17/h6-15H,1-5H3,(H,21,23)/t15-/m0/s1. The zero-order valence-electron chi connectivity index (χ0n) is 16.7. The average Bonchev–Trinajstić information content (AvgIpc) is 2.62. The molecule has 2 aromatic rings. The number of hydrogen-bond donors (Lipinski definition) is 1. The third kappa shape index (κ3) is 5.63. The highest BCUT2D eigenvalue weighted by atomic mass is 32.2. The number of rotatable bonds is 8. The molecule has 0 fully saturated rings. The van der Waals surface area contributed by atoms with Crippen molar-refractivity contribution in [3.8, 4) is 11.5 Å². The lowest BCUT2D eigenvalue weighted by Gasteiger charge is -2.28. The van der Waals surface area contributed by atoms with Gasteiger partial charge in [0.05, 0.1) is 25.2 Å². The summed E-state index contributed by atoms with van der Waals surface area (Å²) < 4.78 is 36.4. The molecule has 2 aromatic carbocycles. The number of anilines is 2. The second-order valence-electron chi connectivity index (χ2n) is 6.61. The molecule has 0 aromatic heterocycles. The number of nitrogens with one attached hydrogen (secondary N) is 1. The fourth-order valence-electron chi connectivity index (χ4n) is 2.67. The minimum atomic E-state index is -3.68. The molecule has 8 heteroatoms. The van der Waals surface area contributed by atoms with E-state index >= 15 is 0 Å². The predicted octanol–water partition coefficient (Wildman–Crippen LogP) is 3.28. The van der Waals surface area contributed by atoms with Crippen LogP contribution in [0.5, 0.6) is 11.5 Å². The molecule has 0 radical (unpaired) electrons. The van der Waals surface area contributed by atoms with Crippen LogP contribution in [0.3, 0.4) is 0 Å². The minimum Gasteiger partial charge on any atom is -0.497 e. The molecule has 1 amide bonds.